The number of rotatable bonds is 2. The first-order valence-electron chi connectivity index (χ1n) is 7.45. The molecule has 1 N–H and O–H groups in total. The summed E-state index contributed by atoms with van der Waals surface area (Å²) in [7, 11) is 0. The minimum atomic E-state index is 0.368. The lowest BCUT2D eigenvalue weighted by Gasteiger charge is -2.31. The molecule has 4 rings (SSSR count). The fourth-order valence-electron chi connectivity index (χ4n) is 3.07. The number of piperidine rings is 1. The first-order chi connectivity index (χ1) is 11.2. The van der Waals surface area contributed by atoms with Gasteiger partial charge in [-0.3, -0.25) is 5.10 Å². The minimum Gasteiger partial charge on any atom is -0.341 e. The average molecular weight is 349 g/mol. The predicted octanol–water partition coefficient (Wildman–Crippen LogP) is 3.44. The number of H-pyrrole nitrogens is 1. The van der Waals surface area contributed by atoms with Gasteiger partial charge < -0.3 is 4.90 Å². The number of fused-ring (bicyclic) bond motifs is 1. The number of hydrogen-bond donors (Lipinski definition) is 1. The molecule has 1 aliphatic heterocycles. The van der Waals surface area contributed by atoms with Crippen LogP contribution in [0.2, 0.25) is 10.3 Å². The Balaban J connectivity index is 1.53. The molecule has 0 amide bonds. The van der Waals surface area contributed by atoms with Crippen LogP contribution < -0.4 is 4.90 Å². The lowest BCUT2D eigenvalue weighted by molar-refractivity contribution is 0.492. The summed E-state index contributed by atoms with van der Waals surface area (Å²) in [5, 5.41) is 9.28. The summed E-state index contributed by atoms with van der Waals surface area (Å²) in [5.74, 6) is 1.02. The summed E-state index contributed by atoms with van der Waals surface area (Å²) < 4.78 is 0. The molecule has 0 bridgehead atoms. The molecule has 3 aromatic rings. The standard InChI is InChI=1S/C15H14Cl2N6/c16-11-8-12(17)20-15(19-11)23-6-3-9(4-7-23)13-10-2-1-5-18-14(10)22-21-13/h1-2,5,8-9H,3-4,6-7H2,(H,18,21,22). The van der Waals surface area contributed by atoms with Crippen LogP contribution in [0.3, 0.4) is 0 Å². The summed E-state index contributed by atoms with van der Waals surface area (Å²) in [4.78, 5) is 14.9. The van der Waals surface area contributed by atoms with Crippen molar-refractivity contribution in [2.75, 3.05) is 18.0 Å². The summed E-state index contributed by atoms with van der Waals surface area (Å²) in [5.41, 5.74) is 1.94. The van der Waals surface area contributed by atoms with Crippen LogP contribution in [-0.2, 0) is 0 Å². The van der Waals surface area contributed by atoms with Crippen molar-refractivity contribution in [2.45, 2.75) is 18.8 Å². The molecular formula is C15H14Cl2N6. The molecule has 118 valence electrons. The Morgan fingerprint density at radius 2 is 1.87 bits per heavy atom. The number of aromatic amines is 1. The van der Waals surface area contributed by atoms with Gasteiger partial charge in [0.1, 0.15) is 10.3 Å². The maximum atomic E-state index is 5.96. The van der Waals surface area contributed by atoms with E-state index in [1.54, 1.807) is 12.3 Å². The second-order valence-electron chi connectivity index (χ2n) is 5.59. The third kappa shape index (κ3) is 2.84. The Morgan fingerprint density at radius 1 is 1.13 bits per heavy atom. The largest absolute Gasteiger partial charge is 0.341 e. The molecule has 8 heteroatoms. The predicted molar refractivity (Wildman–Crippen MR) is 90.1 cm³/mol. The number of anilines is 1. The zero-order valence-corrected chi connectivity index (χ0v) is 13.7. The number of nitrogens with one attached hydrogen (secondary N) is 1. The van der Waals surface area contributed by atoms with Crippen LogP contribution in [0.5, 0.6) is 0 Å². The van der Waals surface area contributed by atoms with Crippen molar-refractivity contribution < 1.29 is 0 Å². The van der Waals surface area contributed by atoms with Crippen molar-refractivity contribution in [3.05, 3.63) is 40.4 Å². The van der Waals surface area contributed by atoms with Crippen molar-refractivity contribution in [1.82, 2.24) is 25.1 Å². The van der Waals surface area contributed by atoms with Crippen LogP contribution in [0.25, 0.3) is 11.0 Å². The molecule has 1 saturated heterocycles. The average Bonchev–Trinajstić information content (AvgIpc) is 2.98. The van der Waals surface area contributed by atoms with Crippen LogP contribution >= 0.6 is 23.2 Å². The molecule has 0 spiro atoms. The highest BCUT2D eigenvalue weighted by Crippen LogP contribution is 2.32. The molecule has 1 fully saturated rings. The molecule has 4 heterocycles. The van der Waals surface area contributed by atoms with Crippen molar-refractivity contribution >= 4 is 40.2 Å². The third-order valence-corrected chi connectivity index (χ3v) is 4.58. The van der Waals surface area contributed by atoms with Crippen molar-refractivity contribution in [3.8, 4) is 0 Å². The Morgan fingerprint density at radius 3 is 2.61 bits per heavy atom. The molecule has 6 nitrogen and oxygen atoms in total. The number of hydrogen-bond acceptors (Lipinski definition) is 5. The number of aromatic nitrogens is 5. The maximum Gasteiger partial charge on any atom is 0.228 e. The van der Waals surface area contributed by atoms with Gasteiger partial charge in [0.15, 0.2) is 5.65 Å². The molecule has 23 heavy (non-hydrogen) atoms. The zero-order chi connectivity index (χ0) is 15.8. The van der Waals surface area contributed by atoms with E-state index in [1.807, 2.05) is 6.07 Å². The Labute approximate surface area is 142 Å². The van der Waals surface area contributed by atoms with Crippen LogP contribution in [-0.4, -0.2) is 38.2 Å². The number of halogens is 2. The molecule has 0 atom stereocenters. The Kier molecular flexibility index (Phi) is 3.79. The van der Waals surface area contributed by atoms with E-state index in [0.717, 1.165) is 42.7 Å². The van der Waals surface area contributed by atoms with Crippen LogP contribution in [0.1, 0.15) is 24.5 Å². The quantitative estimate of drug-likeness (QED) is 0.718. The summed E-state index contributed by atoms with van der Waals surface area (Å²) >= 11 is 11.9. The fraction of sp³-hybridized carbons (Fsp3) is 0.333. The van der Waals surface area contributed by atoms with Gasteiger partial charge in [-0.2, -0.15) is 5.10 Å². The van der Waals surface area contributed by atoms with E-state index in [-0.39, 0.29) is 0 Å². The highest BCUT2D eigenvalue weighted by molar-refractivity contribution is 6.33. The van der Waals surface area contributed by atoms with Gasteiger partial charge in [0.2, 0.25) is 5.95 Å². The highest BCUT2D eigenvalue weighted by Gasteiger charge is 2.25. The molecule has 0 radical (unpaired) electrons. The third-order valence-electron chi connectivity index (χ3n) is 4.20. The second-order valence-corrected chi connectivity index (χ2v) is 6.36. The Hall–Kier alpha value is -1.92. The van der Waals surface area contributed by atoms with Gasteiger partial charge in [0.05, 0.1) is 0 Å². The first-order valence-corrected chi connectivity index (χ1v) is 8.20. The van der Waals surface area contributed by atoms with Crippen molar-refractivity contribution in [3.63, 3.8) is 0 Å². The van der Waals surface area contributed by atoms with Gasteiger partial charge in [-0.25, -0.2) is 15.0 Å². The van der Waals surface area contributed by atoms with E-state index >= 15 is 0 Å². The number of pyridine rings is 1. The van der Waals surface area contributed by atoms with E-state index in [1.165, 1.54) is 0 Å². The molecule has 3 aromatic heterocycles. The van der Waals surface area contributed by atoms with E-state index in [4.69, 9.17) is 23.2 Å². The molecule has 0 saturated carbocycles. The zero-order valence-electron chi connectivity index (χ0n) is 12.2. The monoisotopic (exact) mass is 348 g/mol. The smallest absolute Gasteiger partial charge is 0.228 e. The SMILES string of the molecule is Clc1cc(Cl)nc(N2CCC(c3[nH]nc4ncccc34)CC2)n1. The van der Waals surface area contributed by atoms with Gasteiger partial charge in [-0.15, -0.1) is 0 Å². The van der Waals surface area contributed by atoms with E-state index < -0.39 is 0 Å². The lowest BCUT2D eigenvalue weighted by atomic mass is 9.92. The van der Waals surface area contributed by atoms with Gasteiger partial charge in [0, 0.05) is 42.4 Å². The van der Waals surface area contributed by atoms with Gasteiger partial charge >= 0.3 is 0 Å². The Bertz CT molecular complexity index is 821. The van der Waals surface area contributed by atoms with E-state index in [9.17, 15) is 0 Å². The van der Waals surface area contributed by atoms with Crippen LogP contribution in [0, 0.1) is 0 Å². The molecule has 0 aromatic carbocycles. The normalized spacial score (nSPS) is 16.2. The molecular weight excluding hydrogens is 335 g/mol. The van der Waals surface area contributed by atoms with Crippen LogP contribution in [0.15, 0.2) is 24.4 Å². The minimum absolute atomic E-state index is 0.368. The highest BCUT2D eigenvalue weighted by atomic mass is 35.5. The fourth-order valence-corrected chi connectivity index (χ4v) is 3.48. The van der Waals surface area contributed by atoms with Gasteiger partial charge in [-0.05, 0) is 25.0 Å². The van der Waals surface area contributed by atoms with E-state index in [2.05, 4.69) is 36.1 Å². The summed E-state index contributed by atoms with van der Waals surface area (Å²) in [6.07, 6.45) is 3.73. The molecule has 1 aliphatic rings. The molecule has 0 aliphatic carbocycles. The maximum absolute atomic E-state index is 5.96. The lowest BCUT2D eigenvalue weighted by Crippen LogP contribution is -2.34. The summed E-state index contributed by atoms with van der Waals surface area (Å²) in [6, 6.07) is 5.55. The second kappa shape index (κ2) is 5.94. The van der Waals surface area contributed by atoms with Gasteiger partial charge in [-0.1, -0.05) is 23.2 Å². The number of nitrogens with zero attached hydrogens (tertiary/aromatic N) is 5. The van der Waals surface area contributed by atoms with Crippen molar-refractivity contribution in [2.24, 2.45) is 0 Å². The summed E-state index contributed by atoms with van der Waals surface area (Å²) in [6.45, 7) is 1.70. The van der Waals surface area contributed by atoms with Gasteiger partial charge in [0.25, 0.3) is 0 Å². The molecule has 0 unspecified atom stereocenters. The van der Waals surface area contributed by atoms with Crippen molar-refractivity contribution in [1.29, 1.82) is 0 Å². The topological polar surface area (TPSA) is 70.6 Å². The first kappa shape index (κ1) is 14.7. The van der Waals surface area contributed by atoms with E-state index in [0.29, 0.717) is 22.2 Å². The van der Waals surface area contributed by atoms with Crippen LogP contribution in [0.4, 0.5) is 5.95 Å².